The van der Waals surface area contributed by atoms with Crippen LogP contribution in [0.15, 0.2) is 30.3 Å². The van der Waals surface area contributed by atoms with Crippen LogP contribution in [0.3, 0.4) is 0 Å². The average molecular weight is 249 g/mol. The summed E-state index contributed by atoms with van der Waals surface area (Å²) in [5, 5.41) is 9.22. The normalized spacial score (nSPS) is 16.3. The van der Waals surface area contributed by atoms with Gasteiger partial charge in [-0.2, -0.15) is 0 Å². The van der Waals surface area contributed by atoms with Crippen molar-refractivity contribution in [3.63, 3.8) is 0 Å². The molecule has 3 heteroatoms. The second-order valence-corrected chi connectivity index (χ2v) is 5.48. The Morgan fingerprint density at radius 2 is 1.83 bits per heavy atom. The predicted octanol–water partition coefficient (Wildman–Crippen LogP) is 2.79. The molecule has 1 aromatic rings. The molecule has 2 unspecified atom stereocenters. The number of carbonyl (C=O) groups is 1. The van der Waals surface area contributed by atoms with Crippen LogP contribution in [0.4, 0.5) is 0 Å². The van der Waals surface area contributed by atoms with Crippen molar-refractivity contribution in [2.24, 2.45) is 11.7 Å². The average Bonchev–Trinajstić information content (AvgIpc) is 2.27. The van der Waals surface area contributed by atoms with E-state index in [1.54, 1.807) is 0 Å². The van der Waals surface area contributed by atoms with Crippen LogP contribution in [0.1, 0.15) is 39.2 Å². The van der Waals surface area contributed by atoms with Crippen LogP contribution in [0, 0.1) is 5.92 Å². The van der Waals surface area contributed by atoms with Gasteiger partial charge in [0.15, 0.2) is 0 Å². The van der Waals surface area contributed by atoms with Gasteiger partial charge in [-0.25, -0.2) is 0 Å². The van der Waals surface area contributed by atoms with Crippen molar-refractivity contribution >= 4 is 5.97 Å². The molecule has 18 heavy (non-hydrogen) atoms. The number of rotatable bonds is 6. The van der Waals surface area contributed by atoms with Crippen molar-refractivity contribution in [3.8, 4) is 0 Å². The van der Waals surface area contributed by atoms with Gasteiger partial charge in [0.2, 0.25) is 0 Å². The van der Waals surface area contributed by atoms with Gasteiger partial charge in [-0.1, -0.05) is 44.2 Å². The Morgan fingerprint density at radius 1 is 1.28 bits per heavy atom. The Kier molecular flexibility index (Phi) is 4.91. The fourth-order valence-electron chi connectivity index (χ4n) is 2.67. The maximum Gasteiger partial charge on any atom is 0.304 e. The third-order valence-electron chi connectivity index (χ3n) is 3.46. The summed E-state index contributed by atoms with van der Waals surface area (Å²) in [5.41, 5.74) is 6.68. The molecule has 0 saturated heterocycles. The van der Waals surface area contributed by atoms with Gasteiger partial charge in [0.25, 0.3) is 0 Å². The van der Waals surface area contributed by atoms with Crippen LogP contribution in [0.25, 0.3) is 0 Å². The number of nitrogens with two attached hydrogens (primary N) is 1. The number of hydrogen-bond donors (Lipinski definition) is 2. The first-order valence-corrected chi connectivity index (χ1v) is 6.41. The molecule has 1 aromatic carbocycles. The first kappa shape index (κ1) is 14.7. The Balaban J connectivity index is 3.24. The van der Waals surface area contributed by atoms with Crippen molar-refractivity contribution in [1.82, 2.24) is 0 Å². The molecular weight excluding hydrogens is 226 g/mol. The second-order valence-electron chi connectivity index (χ2n) is 5.48. The molecule has 3 nitrogen and oxygen atoms in total. The molecule has 3 N–H and O–H groups in total. The van der Waals surface area contributed by atoms with Crippen molar-refractivity contribution in [2.75, 3.05) is 0 Å². The molecule has 0 aliphatic carbocycles. The highest BCUT2D eigenvalue weighted by molar-refractivity contribution is 5.69. The first-order chi connectivity index (χ1) is 8.38. The van der Waals surface area contributed by atoms with E-state index in [4.69, 9.17) is 5.73 Å². The zero-order valence-electron chi connectivity index (χ0n) is 11.4. The predicted molar refractivity (Wildman–Crippen MR) is 73.5 cm³/mol. The van der Waals surface area contributed by atoms with E-state index in [1.807, 2.05) is 37.3 Å². The summed E-state index contributed by atoms with van der Waals surface area (Å²) in [6.45, 7) is 6.10. The van der Waals surface area contributed by atoms with Crippen molar-refractivity contribution in [2.45, 2.75) is 45.1 Å². The minimum atomic E-state index is -0.795. The van der Waals surface area contributed by atoms with Crippen LogP contribution in [0.2, 0.25) is 0 Å². The smallest absolute Gasteiger partial charge is 0.304 e. The summed E-state index contributed by atoms with van der Waals surface area (Å²) >= 11 is 0. The summed E-state index contributed by atoms with van der Waals surface area (Å²) in [4.78, 5) is 11.2. The van der Waals surface area contributed by atoms with E-state index in [0.717, 1.165) is 12.0 Å². The van der Waals surface area contributed by atoms with Gasteiger partial charge in [-0.05, 0) is 24.8 Å². The monoisotopic (exact) mass is 249 g/mol. The van der Waals surface area contributed by atoms with Gasteiger partial charge in [0.1, 0.15) is 0 Å². The fourth-order valence-corrected chi connectivity index (χ4v) is 2.67. The maximum atomic E-state index is 11.2. The number of aliphatic carboxylic acids is 1. The lowest BCUT2D eigenvalue weighted by Crippen LogP contribution is -2.46. The van der Waals surface area contributed by atoms with Crippen molar-refractivity contribution < 1.29 is 9.90 Å². The Morgan fingerprint density at radius 3 is 2.22 bits per heavy atom. The summed E-state index contributed by atoms with van der Waals surface area (Å²) in [6, 6.07) is 9.58. The van der Waals surface area contributed by atoms with Crippen LogP contribution in [-0.4, -0.2) is 17.1 Å². The molecule has 0 fully saturated rings. The zero-order valence-corrected chi connectivity index (χ0v) is 11.4. The number of hydrogen-bond acceptors (Lipinski definition) is 2. The fraction of sp³-hybridized carbons (Fsp3) is 0.533. The van der Waals surface area contributed by atoms with Crippen LogP contribution < -0.4 is 5.73 Å². The maximum absolute atomic E-state index is 11.2. The molecule has 100 valence electrons. The lowest BCUT2D eigenvalue weighted by atomic mass is 9.67. The minimum Gasteiger partial charge on any atom is -0.481 e. The minimum absolute atomic E-state index is 0.0762. The SMILES string of the molecule is CC(C)CC(CC(=O)O)(c1ccccc1)C(C)N. The lowest BCUT2D eigenvalue weighted by Gasteiger charge is -2.38. The summed E-state index contributed by atoms with van der Waals surface area (Å²) < 4.78 is 0. The van der Waals surface area contributed by atoms with Crippen molar-refractivity contribution in [3.05, 3.63) is 35.9 Å². The third-order valence-corrected chi connectivity index (χ3v) is 3.46. The highest BCUT2D eigenvalue weighted by Crippen LogP contribution is 2.37. The van der Waals surface area contributed by atoms with Crippen LogP contribution in [-0.2, 0) is 10.2 Å². The highest BCUT2D eigenvalue weighted by Gasteiger charge is 2.38. The molecule has 0 radical (unpaired) electrons. The van der Waals surface area contributed by atoms with E-state index in [1.165, 1.54) is 0 Å². The quantitative estimate of drug-likeness (QED) is 0.815. The van der Waals surface area contributed by atoms with Gasteiger partial charge in [0.05, 0.1) is 6.42 Å². The molecule has 0 aliphatic heterocycles. The molecule has 0 aromatic heterocycles. The van der Waals surface area contributed by atoms with E-state index in [-0.39, 0.29) is 12.5 Å². The van der Waals surface area contributed by atoms with Gasteiger partial charge in [-0.15, -0.1) is 0 Å². The molecule has 2 atom stereocenters. The summed E-state index contributed by atoms with van der Waals surface area (Å²) in [6.07, 6.45) is 0.855. The first-order valence-electron chi connectivity index (χ1n) is 6.41. The molecule has 0 bridgehead atoms. The van der Waals surface area contributed by atoms with Crippen LogP contribution >= 0.6 is 0 Å². The summed E-state index contributed by atoms with van der Waals surface area (Å²) in [5.74, 6) is -0.396. The highest BCUT2D eigenvalue weighted by atomic mass is 16.4. The Bertz CT molecular complexity index is 387. The van der Waals surface area contributed by atoms with Gasteiger partial charge in [-0.3, -0.25) is 4.79 Å². The Hall–Kier alpha value is -1.35. The standard InChI is InChI=1S/C15H23NO2/c1-11(2)9-15(12(3)16,10-14(17)18)13-7-5-4-6-8-13/h4-8,11-12H,9-10,16H2,1-3H3,(H,17,18). The molecule has 1 rings (SSSR count). The molecule has 0 aliphatic rings. The zero-order chi connectivity index (χ0) is 13.8. The number of carboxylic acid groups (broad SMARTS) is 1. The number of benzene rings is 1. The van der Waals surface area contributed by atoms with Gasteiger partial charge in [0, 0.05) is 11.5 Å². The topological polar surface area (TPSA) is 63.3 Å². The van der Waals surface area contributed by atoms with Gasteiger partial charge < -0.3 is 10.8 Å². The van der Waals surface area contributed by atoms with E-state index in [0.29, 0.717) is 5.92 Å². The van der Waals surface area contributed by atoms with E-state index in [9.17, 15) is 9.90 Å². The third kappa shape index (κ3) is 3.33. The lowest BCUT2D eigenvalue weighted by molar-refractivity contribution is -0.139. The summed E-state index contributed by atoms with van der Waals surface area (Å²) in [7, 11) is 0. The molecule has 0 amide bonds. The molecular formula is C15H23NO2. The number of carboxylic acids is 1. The molecule has 0 spiro atoms. The second kappa shape index (κ2) is 6.01. The van der Waals surface area contributed by atoms with E-state index >= 15 is 0 Å². The van der Waals surface area contributed by atoms with E-state index < -0.39 is 11.4 Å². The van der Waals surface area contributed by atoms with Crippen molar-refractivity contribution in [1.29, 1.82) is 0 Å². The van der Waals surface area contributed by atoms with Crippen LogP contribution in [0.5, 0.6) is 0 Å². The Labute approximate surface area is 109 Å². The van der Waals surface area contributed by atoms with E-state index in [2.05, 4.69) is 13.8 Å². The largest absolute Gasteiger partial charge is 0.481 e. The molecule has 0 saturated carbocycles. The molecule has 0 heterocycles. The van der Waals surface area contributed by atoms with Gasteiger partial charge >= 0.3 is 5.97 Å².